The first-order valence-electron chi connectivity index (χ1n) is 8.56. The average Bonchev–Trinajstić information content (AvgIpc) is 2.94. The number of carbonyl (C=O) groups is 2. The van der Waals surface area contributed by atoms with E-state index in [1.165, 1.54) is 0 Å². The van der Waals surface area contributed by atoms with E-state index < -0.39 is 5.97 Å². The molecule has 0 fully saturated rings. The Bertz CT molecular complexity index is 762. The van der Waals surface area contributed by atoms with Gasteiger partial charge in [-0.3, -0.25) is 10.1 Å². The molecule has 1 aromatic heterocycles. The van der Waals surface area contributed by atoms with Gasteiger partial charge in [0, 0.05) is 6.42 Å². The Kier molecular flexibility index (Phi) is 6.77. The molecule has 7 nitrogen and oxygen atoms in total. The maximum absolute atomic E-state index is 12.1. The summed E-state index contributed by atoms with van der Waals surface area (Å²) in [6, 6.07) is 5.95. The fourth-order valence-corrected chi connectivity index (χ4v) is 2.52. The van der Waals surface area contributed by atoms with Crippen LogP contribution in [0.1, 0.15) is 46.9 Å². The van der Waals surface area contributed by atoms with E-state index >= 15 is 0 Å². The second-order valence-corrected chi connectivity index (χ2v) is 5.91. The molecule has 26 heavy (non-hydrogen) atoms. The highest BCUT2D eigenvalue weighted by Crippen LogP contribution is 2.23. The molecule has 0 saturated carbocycles. The van der Waals surface area contributed by atoms with Gasteiger partial charge in [0.2, 0.25) is 11.8 Å². The van der Waals surface area contributed by atoms with Crippen LogP contribution in [-0.2, 0) is 9.53 Å². The van der Waals surface area contributed by atoms with E-state index in [1.807, 2.05) is 32.0 Å². The molecule has 2 rings (SSSR count). The van der Waals surface area contributed by atoms with Gasteiger partial charge >= 0.3 is 5.97 Å². The Hall–Kier alpha value is -2.83. The number of hydrogen-bond acceptors (Lipinski definition) is 6. The van der Waals surface area contributed by atoms with Crippen molar-refractivity contribution in [3.8, 4) is 5.75 Å². The number of nitrogens with one attached hydrogen (secondary N) is 1. The Labute approximate surface area is 152 Å². The quantitative estimate of drug-likeness (QED) is 0.572. The maximum atomic E-state index is 12.1. The molecule has 1 heterocycles. The minimum Gasteiger partial charge on any atom is -0.493 e. The lowest BCUT2D eigenvalue weighted by Gasteiger charge is -2.11. The summed E-state index contributed by atoms with van der Waals surface area (Å²) in [5.74, 6) is 0.0155. The molecule has 0 aliphatic carbocycles. The number of nitrogens with zero attached hydrogens (tertiary/aromatic N) is 1. The van der Waals surface area contributed by atoms with Crippen LogP contribution in [0.25, 0.3) is 0 Å². The predicted octanol–water partition coefficient (Wildman–Crippen LogP) is 3.57. The molecule has 1 N–H and O–H groups in total. The second-order valence-electron chi connectivity index (χ2n) is 5.91. The van der Waals surface area contributed by atoms with Gasteiger partial charge in [0.05, 0.1) is 18.9 Å². The molecule has 1 aromatic carbocycles. The molecule has 0 aliphatic rings. The number of aromatic nitrogens is 1. The summed E-state index contributed by atoms with van der Waals surface area (Å²) in [6.45, 7) is 7.93. The van der Waals surface area contributed by atoms with Crippen molar-refractivity contribution < 1.29 is 23.6 Å². The zero-order chi connectivity index (χ0) is 19.1. The van der Waals surface area contributed by atoms with Gasteiger partial charge in [-0.1, -0.05) is 23.4 Å². The first-order valence-corrected chi connectivity index (χ1v) is 8.56. The van der Waals surface area contributed by atoms with Crippen molar-refractivity contribution in [3.05, 3.63) is 40.6 Å². The summed E-state index contributed by atoms with van der Waals surface area (Å²) in [5, 5.41) is 6.28. The van der Waals surface area contributed by atoms with Crippen molar-refractivity contribution in [2.45, 2.75) is 40.5 Å². The average molecular weight is 360 g/mol. The molecular formula is C19H24N2O5. The van der Waals surface area contributed by atoms with Crippen molar-refractivity contribution in [3.63, 3.8) is 0 Å². The van der Waals surface area contributed by atoms with E-state index in [2.05, 4.69) is 10.5 Å². The van der Waals surface area contributed by atoms with E-state index in [4.69, 9.17) is 14.0 Å². The number of ether oxygens (including phenoxy) is 2. The van der Waals surface area contributed by atoms with Crippen LogP contribution < -0.4 is 10.1 Å². The van der Waals surface area contributed by atoms with E-state index in [0.29, 0.717) is 18.7 Å². The van der Waals surface area contributed by atoms with Crippen LogP contribution in [0.5, 0.6) is 5.75 Å². The zero-order valence-corrected chi connectivity index (χ0v) is 15.5. The van der Waals surface area contributed by atoms with Gasteiger partial charge in [-0.2, -0.15) is 0 Å². The number of rotatable bonds is 8. The second kappa shape index (κ2) is 9.03. The molecule has 0 spiro atoms. The van der Waals surface area contributed by atoms with E-state index in [-0.39, 0.29) is 30.4 Å². The van der Waals surface area contributed by atoms with E-state index in [9.17, 15) is 9.59 Å². The molecule has 0 aliphatic heterocycles. The highest BCUT2D eigenvalue weighted by Gasteiger charge is 2.23. The Morgan fingerprint density at radius 2 is 1.88 bits per heavy atom. The standard InChI is InChI=1S/C19H24N2O5/c1-5-24-19(23)16-14(4)21-26-18(16)20-15(22)10-7-11-25-17-12(2)8-6-9-13(17)3/h6,8-9H,5,7,10-11H2,1-4H3,(H,20,22). The summed E-state index contributed by atoms with van der Waals surface area (Å²) < 4.78 is 15.8. The number of carbonyl (C=O) groups excluding carboxylic acids is 2. The normalized spacial score (nSPS) is 10.5. The number of anilines is 1. The number of aryl methyl sites for hydroxylation is 3. The minimum atomic E-state index is -0.570. The smallest absolute Gasteiger partial charge is 0.345 e. The predicted molar refractivity (Wildman–Crippen MR) is 96.5 cm³/mol. The monoisotopic (exact) mass is 360 g/mol. The number of hydrogen-bond donors (Lipinski definition) is 1. The third kappa shape index (κ3) is 4.84. The van der Waals surface area contributed by atoms with Crippen molar-refractivity contribution in [2.24, 2.45) is 0 Å². The first-order chi connectivity index (χ1) is 12.4. The highest BCUT2D eigenvalue weighted by molar-refractivity contribution is 6.00. The first kappa shape index (κ1) is 19.5. The zero-order valence-electron chi connectivity index (χ0n) is 15.5. The van der Waals surface area contributed by atoms with Crippen LogP contribution in [0.2, 0.25) is 0 Å². The third-order valence-corrected chi connectivity index (χ3v) is 3.80. The summed E-state index contributed by atoms with van der Waals surface area (Å²) in [7, 11) is 0. The summed E-state index contributed by atoms with van der Waals surface area (Å²) in [6.07, 6.45) is 0.758. The van der Waals surface area contributed by atoms with Crippen molar-refractivity contribution in [1.29, 1.82) is 0 Å². The highest BCUT2D eigenvalue weighted by atomic mass is 16.5. The van der Waals surface area contributed by atoms with Crippen LogP contribution in [0, 0.1) is 20.8 Å². The van der Waals surface area contributed by atoms with E-state index in [1.54, 1.807) is 13.8 Å². The van der Waals surface area contributed by atoms with Crippen LogP contribution >= 0.6 is 0 Å². The Balaban J connectivity index is 1.85. The SMILES string of the molecule is CCOC(=O)c1c(C)noc1NC(=O)CCCOc1c(C)cccc1C. The van der Waals surface area contributed by atoms with Crippen molar-refractivity contribution in [1.82, 2.24) is 5.16 Å². The third-order valence-electron chi connectivity index (χ3n) is 3.80. The lowest BCUT2D eigenvalue weighted by Crippen LogP contribution is -2.16. The fourth-order valence-electron chi connectivity index (χ4n) is 2.52. The number of benzene rings is 1. The molecule has 0 atom stereocenters. The molecule has 140 valence electrons. The largest absolute Gasteiger partial charge is 0.493 e. The lowest BCUT2D eigenvalue weighted by atomic mass is 10.1. The Morgan fingerprint density at radius 1 is 1.19 bits per heavy atom. The van der Waals surface area contributed by atoms with Gasteiger partial charge in [0.1, 0.15) is 11.3 Å². The van der Waals surface area contributed by atoms with Gasteiger partial charge in [0.15, 0.2) is 0 Å². The molecule has 0 bridgehead atoms. The van der Waals surface area contributed by atoms with Crippen molar-refractivity contribution in [2.75, 3.05) is 18.5 Å². The van der Waals surface area contributed by atoms with Crippen LogP contribution in [0.3, 0.4) is 0 Å². The van der Waals surface area contributed by atoms with Gasteiger partial charge in [-0.25, -0.2) is 4.79 Å². The molecule has 1 amide bonds. The Morgan fingerprint density at radius 3 is 2.54 bits per heavy atom. The topological polar surface area (TPSA) is 90.7 Å². The van der Waals surface area contributed by atoms with Gasteiger partial charge in [-0.05, 0) is 45.2 Å². The molecule has 2 aromatic rings. The van der Waals surface area contributed by atoms with Crippen molar-refractivity contribution >= 4 is 17.8 Å². The number of amides is 1. The number of para-hydroxylation sites is 1. The van der Waals surface area contributed by atoms with Gasteiger partial charge in [-0.15, -0.1) is 0 Å². The molecule has 0 unspecified atom stereocenters. The maximum Gasteiger partial charge on any atom is 0.345 e. The molecule has 0 radical (unpaired) electrons. The van der Waals surface area contributed by atoms with Crippen LogP contribution in [-0.4, -0.2) is 30.2 Å². The van der Waals surface area contributed by atoms with E-state index in [0.717, 1.165) is 16.9 Å². The van der Waals surface area contributed by atoms with Gasteiger partial charge in [0.25, 0.3) is 0 Å². The van der Waals surface area contributed by atoms with Gasteiger partial charge < -0.3 is 14.0 Å². The summed E-state index contributed by atoms with van der Waals surface area (Å²) >= 11 is 0. The fraction of sp³-hybridized carbons (Fsp3) is 0.421. The summed E-state index contributed by atoms with van der Waals surface area (Å²) in [5.41, 5.74) is 2.64. The lowest BCUT2D eigenvalue weighted by molar-refractivity contribution is -0.116. The van der Waals surface area contributed by atoms with Crippen LogP contribution in [0.4, 0.5) is 5.88 Å². The molecule has 0 saturated heterocycles. The van der Waals surface area contributed by atoms with Crippen LogP contribution in [0.15, 0.2) is 22.7 Å². The molecule has 7 heteroatoms. The minimum absolute atomic E-state index is 0.0154. The summed E-state index contributed by atoms with van der Waals surface area (Å²) in [4.78, 5) is 24.0. The molecular weight excluding hydrogens is 336 g/mol. The number of esters is 1.